The lowest BCUT2D eigenvalue weighted by Gasteiger charge is -2.20. The summed E-state index contributed by atoms with van der Waals surface area (Å²) in [4.78, 5) is 26.5. The molecule has 144 valence electrons. The first-order valence-electron chi connectivity index (χ1n) is 9.31. The summed E-state index contributed by atoms with van der Waals surface area (Å²) in [6.07, 6.45) is 0.281. The highest BCUT2D eigenvalue weighted by atomic mass is 35.5. The number of rotatable bonds is 7. The maximum atomic E-state index is 12.7. The van der Waals surface area contributed by atoms with E-state index in [1.54, 1.807) is 17.0 Å². The highest BCUT2D eigenvalue weighted by molar-refractivity contribution is 6.30. The van der Waals surface area contributed by atoms with E-state index in [1.807, 2.05) is 61.5 Å². The van der Waals surface area contributed by atoms with E-state index in [1.165, 1.54) is 0 Å². The van der Waals surface area contributed by atoms with Crippen LogP contribution in [0.5, 0.6) is 0 Å². The quantitative estimate of drug-likeness (QED) is 0.652. The van der Waals surface area contributed by atoms with E-state index in [-0.39, 0.29) is 24.8 Å². The number of nitrogens with zero attached hydrogens (tertiary/aromatic N) is 1. The van der Waals surface area contributed by atoms with Crippen molar-refractivity contribution in [2.45, 2.75) is 19.9 Å². The normalized spacial score (nSPS) is 10.6. The fraction of sp³-hybridized carbons (Fsp3) is 0.217. The van der Waals surface area contributed by atoms with Gasteiger partial charge in [-0.1, -0.05) is 66.2 Å². The number of benzene rings is 3. The third-order valence-electron chi connectivity index (χ3n) is 4.64. The largest absolute Gasteiger partial charge is 0.350 e. The number of hydrogen-bond acceptors (Lipinski definition) is 2. The Morgan fingerprint density at radius 3 is 2.32 bits per heavy atom. The lowest BCUT2D eigenvalue weighted by atomic mass is 10.0. The van der Waals surface area contributed by atoms with Crippen LogP contribution < -0.4 is 5.32 Å². The van der Waals surface area contributed by atoms with E-state index < -0.39 is 0 Å². The van der Waals surface area contributed by atoms with E-state index in [0.717, 1.165) is 21.9 Å². The summed E-state index contributed by atoms with van der Waals surface area (Å²) in [5.74, 6) is -0.233. The lowest BCUT2D eigenvalue weighted by Crippen LogP contribution is -2.41. The third-order valence-corrected chi connectivity index (χ3v) is 4.89. The monoisotopic (exact) mass is 394 g/mol. The van der Waals surface area contributed by atoms with Crippen molar-refractivity contribution in [3.63, 3.8) is 0 Å². The average Bonchev–Trinajstić information content (AvgIpc) is 2.71. The molecule has 0 heterocycles. The molecule has 4 nitrogen and oxygen atoms in total. The molecule has 0 aliphatic carbocycles. The fourth-order valence-corrected chi connectivity index (χ4v) is 3.17. The molecule has 1 N–H and O–H groups in total. The first kappa shape index (κ1) is 19.9. The summed E-state index contributed by atoms with van der Waals surface area (Å²) in [6, 6.07) is 21.4. The van der Waals surface area contributed by atoms with Gasteiger partial charge >= 0.3 is 0 Å². The van der Waals surface area contributed by atoms with Crippen molar-refractivity contribution in [3.8, 4) is 0 Å². The smallest absolute Gasteiger partial charge is 0.239 e. The molecule has 3 rings (SSSR count). The first-order valence-corrected chi connectivity index (χ1v) is 9.69. The minimum atomic E-state index is -0.177. The van der Waals surface area contributed by atoms with Crippen molar-refractivity contribution >= 4 is 34.2 Å². The number of likely N-dealkylation sites (N-methyl/N-ethyl adjacent to an activating group) is 1. The summed E-state index contributed by atoms with van der Waals surface area (Å²) >= 11 is 5.86. The van der Waals surface area contributed by atoms with Crippen molar-refractivity contribution in [3.05, 3.63) is 82.9 Å². The predicted molar refractivity (Wildman–Crippen MR) is 113 cm³/mol. The van der Waals surface area contributed by atoms with Crippen LogP contribution in [0.25, 0.3) is 10.8 Å². The summed E-state index contributed by atoms with van der Waals surface area (Å²) in [7, 11) is 0. The Bertz CT molecular complexity index is 970. The van der Waals surface area contributed by atoms with Crippen molar-refractivity contribution in [1.29, 1.82) is 0 Å². The topological polar surface area (TPSA) is 49.4 Å². The molecule has 3 aromatic rings. The van der Waals surface area contributed by atoms with Crippen LogP contribution >= 0.6 is 11.6 Å². The maximum absolute atomic E-state index is 12.7. The Balaban J connectivity index is 1.56. The second-order valence-corrected chi connectivity index (χ2v) is 7.11. The van der Waals surface area contributed by atoms with E-state index in [2.05, 4.69) is 5.32 Å². The van der Waals surface area contributed by atoms with Gasteiger partial charge in [0.15, 0.2) is 0 Å². The summed E-state index contributed by atoms with van der Waals surface area (Å²) in [6.45, 7) is 2.83. The number of hydrogen-bond donors (Lipinski definition) is 1. The van der Waals surface area contributed by atoms with Crippen LogP contribution in [0.4, 0.5) is 0 Å². The minimum Gasteiger partial charge on any atom is -0.350 e. The molecule has 0 aromatic heterocycles. The van der Waals surface area contributed by atoms with Gasteiger partial charge in [-0.3, -0.25) is 9.59 Å². The zero-order valence-corrected chi connectivity index (χ0v) is 16.6. The first-order chi connectivity index (χ1) is 13.5. The van der Waals surface area contributed by atoms with E-state index in [4.69, 9.17) is 11.6 Å². The molecule has 0 saturated heterocycles. The zero-order chi connectivity index (χ0) is 19.9. The predicted octanol–water partition coefficient (Wildman–Crippen LogP) is 4.20. The Morgan fingerprint density at radius 2 is 1.61 bits per heavy atom. The van der Waals surface area contributed by atoms with Crippen LogP contribution in [0, 0.1) is 0 Å². The van der Waals surface area contributed by atoms with Gasteiger partial charge in [0.25, 0.3) is 0 Å². The van der Waals surface area contributed by atoms with Gasteiger partial charge in [-0.2, -0.15) is 0 Å². The molecule has 0 aliphatic rings. The van der Waals surface area contributed by atoms with Crippen molar-refractivity contribution in [1.82, 2.24) is 10.2 Å². The molecule has 0 aliphatic heterocycles. The Hall–Kier alpha value is -2.85. The molecule has 0 saturated carbocycles. The molecule has 0 fully saturated rings. The van der Waals surface area contributed by atoms with Gasteiger partial charge in [0.05, 0.1) is 13.0 Å². The van der Waals surface area contributed by atoms with Crippen molar-refractivity contribution < 1.29 is 9.59 Å². The molecule has 0 atom stereocenters. The lowest BCUT2D eigenvalue weighted by molar-refractivity contribution is -0.135. The molecule has 0 unspecified atom stereocenters. The number of amides is 2. The average molecular weight is 395 g/mol. The van der Waals surface area contributed by atoms with Crippen molar-refractivity contribution in [2.24, 2.45) is 0 Å². The Labute approximate surface area is 170 Å². The van der Waals surface area contributed by atoms with Gasteiger partial charge in [0, 0.05) is 18.1 Å². The standard InChI is InChI=1S/C23H23ClN2O2/c1-2-26(16-22(27)25-15-17-8-11-21(24)12-9-17)23(28)14-18-7-10-19-5-3-4-6-20(19)13-18/h3-13H,2,14-16H2,1H3,(H,25,27). The van der Waals surface area contributed by atoms with Crippen LogP contribution in [-0.2, 0) is 22.6 Å². The highest BCUT2D eigenvalue weighted by Gasteiger charge is 2.16. The molecule has 0 bridgehead atoms. The van der Waals surface area contributed by atoms with Crippen LogP contribution in [0.3, 0.4) is 0 Å². The summed E-state index contributed by atoms with van der Waals surface area (Å²) in [5, 5.41) is 5.76. The fourth-order valence-electron chi connectivity index (χ4n) is 3.04. The van der Waals surface area contributed by atoms with E-state index in [9.17, 15) is 9.59 Å². The van der Waals surface area contributed by atoms with Gasteiger partial charge in [-0.25, -0.2) is 0 Å². The van der Waals surface area contributed by atoms with Crippen LogP contribution in [-0.4, -0.2) is 29.8 Å². The molecule has 0 radical (unpaired) electrons. The second-order valence-electron chi connectivity index (χ2n) is 6.67. The van der Waals surface area contributed by atoms with Gasteiger partial charge in [0.1, 0.15) is 0 Å². The molecular formula is C23H23ClN2O2. The summed E-state index contributed by atoms with van der Waals surface area (Å²) in [5.41, 5.74) is 1.91. The molecular weight excluding hydrogens is 372 g/mol. The molecule has 5 heteroatoms. The molecule has 3 aromatic carbocycles. The minimum absolute atomic E-state index is 0.0521. The second kappa shape index (κ2) is 9.38. The zero-order valence-electron chi connectivity index (χ0n) is 15.8. The summed E-state index contributed by atoms with van der Waals surface area (Å²) < 4.78 is 0. The van der Waals surface area contributed by atoms with E-state index >= 15 is 0 Å². The number of halogens is 1. The molecule has 28 heavy (non-hydrogen) atoms. The van der Waals surface area contributed by atoms with E-state index in [0.29, 0.717) is 18.1 Å². The third kappa shape index (κ3) is 5.33. The van der Waals surface area contributed by atoms with Gasteiger partial charge < -0.3 is 10.2 Å². The molecule has 2 amide bonds. The van der Waals surface area contributed by atoms with Crippen molar-refractivity contribution in [2.75, 3.05) is 13.1 Å². The van der Waals surface area contributed by atoms with Crippen LogP contribution in [0.2, 0.25) is 5.02 Å². The number of fused-ring (bicyclic) bond motifs is 1. The number of carbonyl (C=O) groups is 2. The molecule has 0 spiro atoms. The van der Waals surface area contributed by atoms with Gasteiger partial charge in [0.2, 0.25) is 11.8 Å². The van der Waals surface area contributed by atoms with Crippen LogP contribution in [0.1, 0.15) is 18.1 Å². The number of carbonyl (C=O) groups excluding carboxylic acids is 2. The highest BCUT2D eigenvalue weighted by Crippen LogP contribution is 2.16. The Morgan fingerprint density at radius 1 is 0.929 bits per heavy atom. The SMILES string of the molecule is CCN(CC(=O)NCc1ccc(Cl)cc1)C(=O)Cc1ccc2ccccc2c1. The van der Waals surface area contributed by atoms with Gasteiger partial charge in [-0.05, 0) is 41.0 Å². The Kier molecular flexibility index (Phi) is 6.66. The number of nitrogens with one attached hydrogen (secondary N) is 1. The maximum Gasteiger partial charge on any atom is 0.239 e. The van der Waals surface area contributed by atoms with Gasteiger partial charge in [-0.15, -0.1) is 0 Å². The van der Waals surface area contributed by atoms with Crippen LogP contribution in [0.15, 0.2) is 66.7 Å².